The van der Waals surface area contributed by atoms with E-state index in [1.165, 1.54) is 37.8 Å². The third kappa shape index (κ3) is 5.87. The number of sulfonamides is 1. The molecule has 1 unspecified atom stereocenters. The van der Waals surface area contributed by atoms with Crippen LogP contribution in [0.3, 0.4) is 0 Å². The van der Waals surface area contributed by atoms with E-state index in [0.717, 1.165) is 23.4 Å². The van der Waals surface area contributed by atoms with Crippen molar-refractivity contribution >= 4 is 33.2 Å². The number of benzene rings is 2. The summed E-state index contributed by atoms with van der Waals surface area (Å²) in [7, 11) is -3.99. The molecule has 0 spiro atoms. The second-order valence-electron chi connectivity index (χ2n) is 9.22. The molecule has 7 nitrogen and oxygen atoms in total. The minimum atomic E-state index is -3.99. The summed E-state index contributed by atoms with van der Waals surface area (Å²) < 4.78 is 29.0. The number of hydrogen-bond donors (Lipinski definition) is 1. The number of carbonyl (C=O) groups excluding carboxylic acids is 1. The monoisotopic (exact) mass is 514 g/mol. The van der Waals surface area contributed by atoms with Crippen LogP contribution in [0.1, 0.15) is 60.0 Å². The van der Waals surface area contributed by atoms with Crippen molar-refractivity contribution in [3.63, 3.8) is 0 Å². The first-order valence-electron chi connectivity index (χ1n) is 11.9. The van der Waals surface area contributed by atoms with Crippen molar-refractivity contribution in [2.24, 2.45) is 0 Å². The summed E-state index contributed by atoms with van der Waals surface area (Å²) in [5.74, 6) is -0.187. The quantitative estimate of drug-likeness (QED) is 0.495. The molecule has 0 saturated carbocycles. The lowest BCUT2D eigenvalue weighted by Gasteiger charge is -2.30. The van der Waals surface area contributed by atoms with Crippen LogP contribution < -0.4 is 9.62 Å². The van der Waals surface area contributed by atoms with E-state index in [2.05, 4.69) is 27.6 Å². The number of nitrogens with zero attached hydrogens (tertiary/aromatic N) is 3. The number of imidazole rings is 1. The summed E-state index contributed by atoms with van der Waals surface area (Å²) in [5.41, 5.74) is 2.98. The zero-order chi connectivity index (χ0) is 25.2. The number of anilines is 1. The molecule has 1 saturated heterocycles. The molecule has 1 aliphatic heterocycles. The summed E-state index contributed by atoms with van der Waals surface area (Å²) in [6.07, 6.45) is 6.43. The predicted molar refractivity (Wildman–Crippen MR) is 139 cm³/mol. The first-order valence-corrected chi connectivity index (χ1v) is 13.7. The molecule has 2 heterocycles. The van der Waals surface area contributed by atoms with Crippen LogP contribution in [0.5, 0.6) is 0 Å². The van der Waals surface area contributed by atoms with Gasteiger partial charge in [0.15, 0.2) is 0 Å². The van der Waals surface area contributed by atoms with Gasteiger partial charge in [0.05, 0.1) is 11.4 Å². The molecule has 1 aliphatic rings. The third-order valence-corrected chi connectivity index (χ3v) is 8.23. The fourth-order valence-electron chi connectivity index (χ4n) is 4.41. The van der Waals surface area contributed by atoms with E-state index in [-0.39, 0.29) is 10.6 Å². The Kier molecular flexibility index (Phi) is 7.52. The topological polar surface area (TPSA) is 84.3 Å². The Morgan fingerprint density at radius 3 is 2.57 bits per heavy atom. The van der Waals surface area contributed by atoms with Crippen LogP contribution in [0.2, 0.25) is 5.02 Å². The Morgan fingerprint density at radius 2 is 1.86 bits per heavy atom. The number of halogens is 1. The number of hydrogen-bond acceptors (Lipinski definition) is 5. The maximum atomic E-state index is 12.7. The largest absolute Gasteiger partial charge is 0.369 e. The van der Waals surface area contributed by atoms with Gasteiger partial charge in [0.1, 0.15) is 11.5 Å². The van der Waals surface area contributed by atoms with Crippen molar-refractivity contribution in [1.29, 1.82) is 0 Å². The van der Waals surface area contributed by atoms with Crippen LogP contribution in [0.15, 0.2) is 53.6 Å². The van der Waals surface area contributed by atoms with E-state index >= 15 is 0 Å². The standard InChI is InChI=1S/C26H31ClN4O3S/c1-18-8-12-23(13-9-18)35(33,34)29-26(32)25-17-30(20(3)28-25)16-21-10-11-22(15-24(21)27)31-14-6-4-5-7-19(31)2/h8-13,15,17,19H,4-7,14,16H2,1-3H3,(H,29,32). The molecular formula is C26H31ClN4O3S. The Morgan fingerprint density at radius 1 is 1.11 bits per heavy atom. The van der Waals surface area contributed by atoms with Crippen LogP contribution in [0.4, 0.5) is 5.69 Å². The zero-order valence-corrected chi connectivity index (χ0v) is 21.9. The van der Waals surface area contributed by atoms with E-state index in [9.17, 15) is 13.2 Å². The number of nitrogens with one attached hydrogen (secondary N) is 1. The molecule has 0 bridgehead atoms. The van der Waals surface area contributed by atoms with Crippen LogP contribution in [-0.4, -0.2) is 36.5 Å². The lowest BCUT2D eigenvalue weighted by molar-refractivity contribution is 0.0977. The number of carbonyl (C=O) groups is 1. The maximum Gasteiger partial charge on any atom is 0.285 e. The van der Waals surface area contributed by atoms with Gasteiger partial charge >= 0.3 is 0 Å². The van der Waals surface area contributed by atoms with E-state index in [1.54, 1.807) is 29.8 Å². The van der Waals surface area contributed by atoms with Crippen molar-refractivity contribution in [3.8, 4) is 0 Å². The minimum absolute atomic E-state index is 0.0261. The summed E-state index contributed by atoms with van der Waals surface area (Å²) in [6, 6.07) is 12.9. The fraction of sp³-hybridized carbons (Fsp3) is 0.385. The highest BCUT2D eigenvalue weighted by molar-refractivity contribution is 7.90. The first-order chi connectivity index (χ1) is 16.6. The molecule has 35 heavy (non-hydrogen) atoms. The summed E-state index contributed by atoms with van der Waals surface area (Å²) in [4.78, 5) is 19.4. The minimum Gasteiger partial charge on any atom is -0.369 e. The Bertz CT molecular complexity index is 1320. The van der Waals surface area contributed by atoms with Crippen molar-refractivity contribution in [1.82, 2.24) is 14.3 Å². The summed E-state index contributed by atoms with van der Waals surface area (Å²) >= 11 is 6.66. The van der Waals surface area contributed by atoms with Gasteiger partial charge in [0.25, 0.3) is 15.9 Å². The number of aryl methyl sites for hydroxylation is 2. The van der Waals surface area contributed by atoms with Crippen LogP contribution in [0, 0.1) is 13.8 Å². The molecule has 1 amide bonds. The Balaban J connectivity index is 1.48. The van der Waals surface area contributed by atoms with Crippen molar-refractivity contribution in [3.05, 3.63) is 76.3 Å². The maximum absolute atomic E-state index is 12.7. The second-order valence-corrected chi connectivity index (χ2v) is 11.3. The number of rotatable bonds is 6. The van der Waals surface area contributed by atoms with E-state index in [4.69, 9.17) is 11.6 Å². The fourth-order valence-corrected chi connectivity index (χ4v) is 5.61. The summed E-state index contributed by atoms with van der Waals surface area (Å²) in [6.45, 7) is 7.34. The number of aromatic nitrogens is 2. The molecule has 1 atom stereocenters. The summed E-state index contributed by atoms with van der Waals surface area (Å²) in [5, 5.41) is 0.653. The smallest absolute Gasteiger partial charge is 0.285 e. The van der Waals surface area contributed by atoms with E-state index in [0.29, 0.717) is 23.4 Å². The van der Waals surface area contributed by atoms with Crippen LogP contribution in [-0.2, 0) is 16.6 Å². The van der Waals surface area contributed by atoms with Crippen molar-refractivity contribution in [2.45, 2.75) is 63.9 Å². The SMILES string of the molecule is Cc1ccc(S(=O)(=O)NC(=O)c2cn(Cc3ccc(N4CCCCCC4C)cc3Cl)c(C)n2)cc1. The average Bonchev–Trinajstić information content (AvgIpc) is 3.03. The van der Waals surface area contributed by atoms with Gasteiger partial charge in [0, 0.05) is 29.5 Å². The third-order valence-electron chi connectivity index (χ3n) is 6.53. The van der Waals surface area contributed by atoms with Gasteiger partial charge in [-0.1, -0.05) is 48.2 Å². The molecule has 0 aliphatic carbocycles. The van der Waals surface area contributed by atoms with Gasteiger partial charge in [-0.3, -0.25) is 4.79 Å². The second kappa shape index (κ2) is 10.4. The molecule has 1 N–H and O–H groups in total. The Labute approximate surface area is 212 Å². The van der Waals surface area contributed by atoms with Gasteiger partial charge in [-0.2, -0.15) is 0 Å². The number of amides is 1. The Hall–Kier alpha value is -2.84. The van der Waals surface area contributed by atoms with Crippen molar-refractivity contribution < 1.29 is 13.2 Å². The van der Waals surface area contributed by atoms with E-state index in [1.807, 2.05) is 19.1 Å². The molecule has 186 valence electrons. The average molecular weight is 515 g/mol. The molecule has 1 fully saturated rings. The molecule has 2 aromatic carbocycles. The van der Waals surface area contributed by atoms with E-state index < -0.39 is 15.9 Å². The van der Waals surface area contributed by atoms with Crippen LogP contribution >= 0.6 is 11.6 Å². The predicted octanol–water partition coefficient (Wildman–Crippen LogP) is 5.09. The highest BCUT2D eigenvalue weighted by Gasteiger charge is 2.22. The molecule has 4 rings (SSSR count). The molecule has 0 radical (unpaired) electrons. The normalized spacial score (nSPS) is 16.7. The molecule has 1 aromatic heterocycles. The highest BCUT2D eigenvalue weighted by atomic mass is 35.5. The van der Waals surface area contributed by atoms with Crippen LogP contribution in [0.25, 0.3) is 0 Å². The molecule has 3 aromatic rings. The lowest BCUT2D eigenvalue weighted by Crippen LogP contribution is -2.32. The van der Waals surface area contributed by atoms with Gasteiger partial charge in [0.2, 0.25) is 0 Å². The van der Waals surface area contributed by atoms with Gasteiger partial charge in [-0.25, -0.2) is 18.1 Å². The van der Waals surface area contributed by atoms with Gasteiger partial charge in [-0.15, -0.1) is 0 Å². The highest BCUT2D eigenvalue weighted by Crippen LogP contribution is 2.29. The molecular weight excluding hydrogens is 484 g/mol. The zero-order valence-electron chi connectivity index (χ0n) is 20.3. The first kappa shape index (κ1) is 25.3. The van der Waals surface area contributed by atoms with Gasteiger partial charge < -0.3 is 9.47 Å². The van der Waals surface area contributed by atoms with Crippen molar-refractivity contribution in [2.75, 3.05) is 11.4 Å². The lowest BCUT2D eigenvalue weighted by atomic mass is 10.1. The van der Waals surface area contributed by atoms with Gasteiger partial charge in [-0.05, 0) is 63.4 Å². The molecule has 9 heteroatoms.